The van der Waals surface area contributed by atoms with E-state index in [0.717, 1.165) is 12.1 Å². The molecule has 2 heterocycles. The number of nitrogens with zero attached hydrogens (tertiary/aromatic N) is 6. The summed E-state index contributed by atoms with van der Waals surface area (Å²) in [6.45, 7) is 5.19. The first-order chi connectivity index (χ1) is 12.2. The van der Waals surface area contributed by atoms with E-state index in [1.807, 2.05) is 0 Å². The highest BCUT2D eigenvalue weighted by Crippen LogP contribution is 2.31. The standard InChI is InChI=1S/C16H14ClF3N6/c1-9-14(8-21-25-10(2)22-23-11(25)3)15(17)26(24-9)13-6-4-5-12(7-13)16(18,19)20/h4-8H,1-3H3/b21-8+. The van der Waals surface area contributed by atoms with Crippen molar-refractivity contribution >= 4 is 17.8 Å². The minimum absolute atomic E-state index is 0.161. The monoisotopic (exact) mass is 382 g/mol. The Hall–Kier alpha value is -2.68. The fourth-order valence-corrected chi connectivity index (χ4v) is 2.71. The molecule has 0 aliphatic carbocycles. The second kappa shape index (κ2) is 6.56. The Balaban J connectivity index is 2.02. The molecule has 0 saturated carbocycles. The molecule has 0 bridgehead atoms. The zero-order valence-electron chi connectivity index (χ0n) is 14.1. The average Bonchev–Trinajstić information content (AvgIpc) is 3.05. The molecule has 0 N–H and O–H groups in total. The van der Waals surface area contributed by atoms with Crippen molar-refractivity contribution in [1.82, 2.24) is 24.7 Å². The molecule has 26 heavy (non-hydrogen) atoms. The Morgan fingerprint density at radius 2 is 1.77 bits per heavy atom. The third-order valence-electron chi connectivity index (χ3n) is 3.72. The number of alkyl halides is 3. The molecule has 0 amide bonds. The van der Waals surface area contributed by atoms with Gasteiger partial charge in [-0.25, -0.2) is 9.36 Å². The molecular weight excluding hydrogens is 369 g/mol. The van der Waals surface area contributed by atoms with E-state index in [1.54, 1.807) is 20.8 Å². The second-order valence-electron chi connectivity index (χ2n) is 5.60. The summed E-state index contributed by atoms with van der Waals surface area (Å²) >= 11 is 6.34. The molecule has 1 aromatic carbocycles. The predicted octanol–water partition coefficient (Wildman–Crippen LogP) is 3.94. The van der Waals surface area contributed by atoms with Crippen molar-refractivity contribution < 1.29 is 13.2 Å². The zero-order valence-corrected chi connectivity index (χ0v) is 14.8. The minimum Gasteiger partial charge on any atom is -0.221 e. The molecule has 3 aromatic rings. The first-order valence-corrected chi connectivity index (χ1v) is 7.92. The van der Waals surface area contributed by atoms with Crippen LogP contribution in [0, 0.1) is 20.8 Å². The number of benzene rings is 1. The Bertz CT molecular complexity index is 967. The van der Waals surface area contributed by atoms with Gasteiger partial charge in [0, 0.05) is 0 Å². The lowest BCUT2D eigenvalue weighted by Gasteiger charge is -2.09. The first kappa shape index (κ1) is 18.1. The molecular formula is C16H14ClF3N6. The van der Waals surface area contributed by atoms with Gasteiger partial charge in [0.1, 0.15) is 5.15 Å². The van der Waals surface area contributed by atoms with E-state index in [0.29, 0.717) is 22.9 Å². The van der Waals surface area contributed by atoms with Gasteiger partial charge in [-0.2, -0.15) is 23.4 Å². The Morgan fingerprint density at radius 1 is 1.12 bits per heavy atom. The van der Waals surface area contributed by atoms with Crippen LogP contribution in [-0.4, -0.2) is 30.9 Å². The van der Waals surface area contributed by atoms with Gasteiger partial charge in [-0.1, -0.05) is 17.7 Å². The summed E-state index contributed by atoms with van der Waals surface area (Å²) < 4.78 is 41.5. The fraction of sp³-hybridized carbons (Fsp3) is 0.250. The van der Waals surface area contributed by atoms with Crippen LogP contribution in [0.15, 0.2) is 29.4 Å². The summed E-state index contributed by atoms with van der Waals surface area (Å²) in [6.07, 6.45) is -2.96. The van der Waals surface area contributed by atoms with E-state index in [4.69, 9.17) is 11.6 Å². The average molecular weight is 383 g/mol. The van der Waals surface area contributed by atoms with Crippen molar-refractivity contribution in [3.8, 4) is 5.69 Å². The molecule has 0 saturated heterocycles. The van der Waals surface area contributed by atoms with Crippen molar-refractivity contribution in [2.45, 2.75) is 26.9 Å². The van der Waals surface area contributed by atoms with Gasteiger partial charge in [0.25, 0.3) is 0 Å². The summed E-state index contributed by atoms with van der Waals surface area (Å²) in [5.74, 6) is 1.19. The molecule has 0 fully saturated rings. The first-order valence-electron chi connectivity index (χ1n) is 7.54. The molecule has 2 aromatic heterocycles. The maximum Gasteiger partial charge on any atom is 0.416 e. The van der Waals surface area contributed by atoms with Gasteiger partial charge in [0.15, 0.2) is 11.6 Å². The van der Waals surface area contributed by atoms with Crippen LogP contribution in [0.2, 0.25) is 5.15 Å². The number of aromatic nitrogens is 5. The van der Waals surface area contributed by atoms with Crippen LogP contribution in [0.1, 0.15) is 28.5 Å². The van der Waals surface area contributed by atoms with Gasteiger partial charge in [-0.15, -0.1) is 10.2 Å². The molecule has 0 aliphatic heterocycles. The van der Waals surface area contributed by atoms with E-state index in [1.165, 1.54) is 27.7 Å². The van der Waals surface area contributed by atoms with Gasteiger partial charge in [-0.3, -0.25) is 0 Å². The van der Waals surface area contributed by atoms with Crippen LogP contribution in [-0.2, 0) is 6.18 Å². The van der Waals surface area contributed by atoms with E-state index in [-0.39, 0.29) is 10.8 Å². The number of halogens is 4. The highest BCUT2D eigenvalue weighted by molar-refractivity contribution is 6.32. The number of hydrogen-bond donors (Lipinski definition) is 0. The van der Waals surface area contributed by atoms with Crippen LogP contribution in [0.25, 0.3) is 5.69 Å². The second-order valence-corrected chi connectivity index (χ2v) is 5.96. The van der Waals surface area contributed by atoms with Gasteiger partial charge in [0.2, 0.25) is 0 Å². The Morgan fingerprint density at radius 3 is 2.38 bits per heavy atom. The quantitative estimate of drug-likeness (QED) is 0.644. The smallest absolute Gasteiger partial charge is 0.221 e. The maximum atomic E-state index is 12.9. The summed E-state index contributed by atoms with van der Waals surface area (Å²) in [7, 11) is 0. The molecule has 0 radical (unpaired) electrons. The van der Waals surface area contributed by atoms with Gasteiger partial charge >= 0.3 is 6.18 Å². The van der Waals surface area contributed by atoms with Crippen molar-refractivity contribution in [1.29, 1.82) is 0 Å². The number of aryl methyl sites for hydroxylation is 3. The summed E-state index contributed by atoms with van der Waals surface area (Å²) in [6, 6.07) is 4.80. The highest BCUT2D eigenvalue weighted by Gasteiger charge is 2.30. The zero-order chi connectivity index (χ0) is 19.1. The van der Waals surface area contributed by atoms with Gasteiger partial charge in [-0.05, 0) is 39.0 Å². The fourth-order valence-electron chi connectivity index (χ4n) is 2.39. The SMILES string of the molecule is Cc1nn(-c2cccc(C(F)(F)F)c2)c(Cl)c1/C=N/n1c(C)nnc1C. The molecule has 6 nitrogen and oxygen atoms in total. The molecule has 0 spiro atoms. The van der Waals surface area contributed by atoms with Crippen LogP contribution in [0.5, 0.6) is 0 Å². The van der Waals surface area contributed by atoms with Crippen molar-refractivity contribution in [2.75, 3.05) is 0 Å². The normalized spacial score (nSPS) is 12.3. The largest absolute Gasteiger partial charge is 0.416 e. The van der Waals surface area contributed by atoms with Crippen molar-refractivity contribution in [3.63, 3.8) is 0 Å². The number of rotatable bonds is 3. The van der Waals surface area contributed by atoms with Crippen molar-refractivity contribution in [2.24, 2.45) is 5.10 Å². The van der Waals surface area contributed by atoms with E-state index >= 15 is 0 Å². The number of hydrogen-bond acceptors (Lipinski definition) is 4. The summed E-state index contributed by atoms with van der Waals surface area (Å²) in [5.41, 5.74) is 0.463. The molecule has 136 valence electrons. The Labute approximate surface area is 151 Å². The van der Waals surface area contributed by atoms with Gasteiger partial charge in [0.05, 0.1) is 28.7 Å². The third-order valence-corrected chi connectivity index (χ3v) is 4.08. The summed E-state index contributed by atoms with van der Waals surface area (Å²) in [4.78, 5) is 0. The minimum atomic E-state index is -4.45. The molecule has 0 aliphatic rings. The van der Waals surface area contributed by atoms with Crippen LogP contribution in [0.4, 0.5) is 13.2 Å². The summed E-state index contributed by atoms with van der Waals surface area (Å²) in [5, 5.41) is 16.5. The van der Waals surface area contributed by atoms with E-state index in [9.17, 15) is 13.2 Å². The van der Waals surface area contributed by atoms with Crippen molar-refractivity contribution in [3.05, 3.63) is 57.9 Å². The molecule has 10 heteroatoms. The van der Waals surface area contributed by atoms with Crippen LogP contribution in [0.3, 0.4) is 0 Å². The topological polar surface area (TPSA) is 60.9 Å². The van der Waals surface area contributed by atoms with Crippen LogP contribution < -0.4 is 0 Å². The lowest BCUT2D eigenvalue weighted by molar-refractivity contribution is -0.137. The van der Waals surface area contributed by atoms with E-state index < -0.39 is 11.7 Å². The Kier molecular flexibility index (Phi) is 4.57. The van der Waals surface area contributed by atoms with E-state index in [2.05, 4.69) is 20.4 Å². The predicted molar refractivity (Wildman–Crippen MR) is 90.8 cm³/mol. The molecule has 0 unspecified atom stereocenters. The molecule has 3 rings (SSSR count). The lowest BCUT2D eigenvalue weighted by Crippen LogP contribution is -2.06. The lowest BCUT2D eigenvalue weighted by atomic mass is 10.2. The highest BCUT2D eigenvalue weighted by atomic mass is 35.5. The molecule has 0 atom stereocenters. The van der Waals surface area contributed by atoms with Crippen LogP contribution >= 0.6 is 11.6 Å². The maximum absolute atomic E-state index is 12.9. The van der Waals surface area contributed by atoms with Gasteiger partial charge < -0.3 is 0 Å². The third kappa shape index (κ3) is 3.34.